The number of piperidine rings is 1. The number of thiazole rings is 1. The predicted molar refractivity (Wildman–Crippen MR) is 93.8 cm³/mol. The molecule has 1 aromatic heterocycles. The second-order valence-corrected chi connectivity index (χ2v) is 7.87. The van der Waals surface area contributed by atoms with E-state index < -0.39 is 0 Å². The molecular formula is C18H21N3O2S. The zero-order valence-electron chi connectivity index (χ0n) is 13.8. The lowest BCUT2D eigenvalue weighted by Crippen LogP contribution is -2.45. The molecule has 6 heteroatoms. The van der Waals surface area contributed by atoms with Crippen molar-refractivity contribution >= 4 is 33.4 Å². The summed E-state index contributed by atoms with van der Waals surface area (Å²) in [7, 11) is 1.87. The minimum Gasteiger partial charge on any atom is -0.341 e. The maximum atomic E-state index is 12.6. The summed E-state index contributed by atoms with van der Waals surface area (Å²) in [4.78, 5) is 33.2. The molecule has 3 saturated heterocycles. The molecule has 126 valence electrons. The van der Waals surface area contributed by atoms with Crippen LogP contribution in [0.2, 0.25) is 0 Å². The highest BCUT2D eigenvalue weighted by molar-refractivity contribution is 7.18. The molecule has 1 aromatic carbocycles. The van der Waals surface area contributed by atoms with Gasteiger partial charge in [0.25, 0.3) is 0 Å². The third kappa shape index (κ3) is 2.79. The summed E-state index contributed by atoms with van der Waals surface area (Å²) in [6.45, 7) is 1.26. The average molecular weight is 343 g/mol. The number of benzene rings is 1. The maximum absolute atomic E-state index is 12.6. The molecule has 0 spiro atoms. The van der Waals surface area contributed by atoms with Crippen LogP contribution in [0.15, 0.2) is 24.3 Å². The van der Waals surface area contributed by atoms with Crippen LogP contribution in [0.25, 0.3) is 10.2 Å². The lowest BCUT2D eigenvalue weighted by molar-refractivity contribution is -0.138. The van der Waals surface area contributed by atoms with E-state index in [0.717, 1.165) is 23.4 Å². The van der Waals surface area contributed by atoms with Crippen molar-refractivity contribution in [2.45, 2.75) is 31.7 Å². The summed E-state index contributed by atoms with van der Waals surface area (Å²) in [5.41, 5.74) is 1.00. The van der Waals surface area contributed by atoms with Crippen LogP contribution in [0, 0.1) is 5.92 Å². The van der Waals surface area contributed by atoms with Crippen molar-refractivity contribution in [1.29, 1.82) is 0 Å². The molecule has 3 aliphatic heterocycles. The minimum absolute atomic E-state index is 0.0137. The molecule has 0 N–H and O–H groups in total. The van der Waals surface area contributed by atoms with E-state index in [9.17, 15) is 9.59 Å². The van der Waals surface area contributed by atoms with Crippen molar-refractivity contribution in [3.63, 3.8) is 0 Å². The number of carbonyl (C=O) groups is 2. The van der Waals surface area contributed by atoms with Crippen molar-refractivity contribution in [3.05, 3.63) is 29.3 Å². The van der Waals surface area contributed by atoms with E-state index in [0.29, 0.717) is 25.9 Å². The highest BCUT2D eigenvalue weighted by Crippen LogP contribution is 2.28. The molecule has 2 bridgehead atoms. The van der Waals surface area contributed by atoms with Gasteiger partial charge in [0, 0.05) is 39.0 Å². The first-order valence-corrected chi connectivity index (χ1v) is 9.32. The van der Waals surface area contributed by atoms with Gasteiger partial charge in [-0.25, -0.2) is 4.98 Å². The van der Waals surface area contributed by atoms with Gasteiger partial charge in [-0.3, -0.25) is 9.59 Å². The number of fused-ring (bicyclic) bond motifs is 5. The van der Waals surface area contributed by atoms with Gasteiger partial charge < -0.3 is 9.80 Å². The van der Waals surface area contributed by atoms with Crippen LogP contribution in [0.4, 0.5) is 0 Å². The zero-order chi connectivity index (χ0) is 16.7. The monoisotopic (exact) mass is 343 g/mol. The number of carbonyl (C=O) groups excluding carboxylic acids is 2. The normalized spacial score (nSPS) is 23.8. The molecule has 0 aliphatic carbocycles. The zero-order valence-corrected chi connectivity index (χ0v) is 14.6. The number of hydrogen-bond donors (Lipinski definition) is 0. The van der Waals surface area contributed by atoms with E-state index in [1.165, 1.54) is 4.70 Å². The first kappa shape index (κ1) is 15.6. The number of nitrogens with zero attached hydrogens (tertiary/aromatic N) is 3. The average Bonchev–Trinajstić information content (AvgIpc) is 2.82. The topological polar surface area (TPSA) is 53.5 Å². The fourth-order valence-corrected chi connectivity index (χ4v) is 4.73. The molecule has 4 heterocycles. The van der Waals surface area contributed by atoms with Crippen LogP contribution in [0.3, 0.4) is 0 Å². The van der Waals surface area contributed by atoms with Gasteiger partial charge in [-0.2, -0.15) is 0 Å². The Morgan fingerprint density at radius 2 is 2.12 bits per heavy atom. The summed E-state index contributed by atoms with van der Waals surface area (Å²) in [5.74, 6) is 0.335. The molecular weight excluding hydrogens is 322 g/mol. The second-order valence-electron chi connectivity index (χ2n) is 6.75. The molecule has 5 nitrogen and oxygen atoms in total. The van der Waals surface area contributed by atoms with Gasteiger partial charge in [-0.1, -0.05) is 12.1 Å². The van der Waals surface area contributed by atoms with Gasteiger partial charge in [0.05, 0.1) is 21.1 Å². The van der Waals surface area contributed by atoms with Crippen molar-refractivity contribution in [1.82, 2.24) is 14.8 Å². The van der Waals surface area contributed by atoms with E-state index in [1.807, 2.05) is 35.0 Å². The molecule has 24 heavy (non-hydrogen) atoms. The number of hydrogen-bond acceptors (Lipinski definition) is 4. The number of amides is 2. The Labute approximate surface area is 145 Å². The van der Waals surface area contributed by atoms with Crippen molar-refractivity contribution in [3.8, 4) is 0 Å². The molecule has 2 aromatic rings. The SMILES string of the molecule is CN1C(=O)[C@@H]2CC[C@H]1CN(C(=O)CCc1nc3ccccc3s1)C2. The van der Waals surface area contributed by atoms with E-state index >= 15 is 0 Å². The molecule has 3 fully saturated rings. The highest BCUT2D eigenvalue weighted by Gasteiger charge is 2.39. The number of aryl methyl sites for hydroxylation is 1. The van der Waals surface area contributed by atoms with E-state index in [2.05, 4.69) is 11.1 Å². The summed E-state index contributed by atoms with van der Waals surface area (Å²) in [6, 6.07) is 8.24. The maximum Gasteiger partial charge on any atom is 0.227 e. The minimum atomic E-state index is -0.0137. The standard InChI is InChI=1S/C18H21N3O2S/c1-20-13-7-6-12(18(20)23)10-21(11-13)17(22)9-8-16-19-14-4-2-3-5-15(14)24-16/h2-5,12-13H,6-11H2,1H3/t12-,13+/m1/s1. The van der Waals surface area contributed by atoms with Crippen LogP contribution in [-0.2, 0) is 16.0 Å². The fourth-order valence-electron chi connectivity index (χ4n) is 3.76. The molecule has 0 unspecified atom stereocenters. The lowest BCUT2D eigenvalue weighted by Gasteiger charge is -2.32. The Balaban J connectivity index is 1.42. The predicted octanol–water partition coefficient (Wildman–Crippen LogP) is 2.31. The van der Waals surface area contributed by atoms with E-state index in [-0.39, 0.29) is 23.8 Å². The van der Waals surface area contributed by atoms with Gasteiger partial charge in [-0.05, 0) is 25.0 Å². The van der Waals surface area contributed by atoms with Gasteiger partial charge >= 0.3 is 0 Å². The Hall–Kier alpha value is -1.95. The van der Waals surface area contributed by atoms with Crippen LogP contribution >= 0.6 is 11.3 Å². The summed E-state index contributed by atoms with van der Waals surface area (Å²) < 4.78 is 1.17. The molecule has 3 aliphatic rings. The first-order chi connectivity index (χ1) is 11.6. The lowest BCUT2D eigenvalue weighted by atomic mass is 9.95. The van der Waals surface area contributed by atoms with E-state index in [1.54, 1.807) is 11.3 Å². The molecule has 0 radical (unpaired) electrons. The van der Waals surface area contributed by atoms with Crippen LogP contribution in [0.5, 0.6) is 0 Å². The van der Waals surface area contributed by atoms with Crippen molar-refractivity contribution in [2.24, 2.45) is 5.92 Å². The first-order valence-electron chi connectivity index (χ1n) is 8.50. The van der Waals surface area contributed by atoms with Gasteiger partial charge in [0.1, 0.15) is 0 Å². The van der Waals surface area contributed by atoms with Crippen molar-refractivity contribution in [2.75, 3.05) is 20.1 Å². The third-order valence-electron chi connectivity index (χ3n) is 5.21. The third-order valence-corrected chi connectivity index (χ3v) is 6.30. The highest BCUT2D eigenvalue weighted by atomic mass is 32.1. The second kappa shape index (κ2) is 6.16. The Morgan fingerprint density at radius 3 is 2.96 bits per heavy atom. The summed E-state index contributed by atoms with van der Waals surface area (Å²) in [6.07, 6.45) is 3.06. The molecule has 2 amide bonds. The Bertz CT molecular complexity index is 754. The van der Waals surface area contributed by atoms with Gasteiger partial charge in [0.2, 0.25) is 11.8 Å². The van der Waals surface area contributed by atoms with Crippen LogP contribution < -0.4 is 0 Å². The quantitative estimate of drug-likeness (QED) is 0.859. The Kier molecular flexibility index (Phi) is 4.00. The van der Waals surface area contributed by atoms with Crippen LogP contribution in [0.1, 0.15) is 24.3 Å². The van der Waals surface area contributed by atoms with Gasteiger partial charge in [-0.15, -0.1) is 11.3 Å². The molecule has 0 saturated carbocycles. The van der Waals surface area contributed by atoms with Crippen LogP contribution in [-0.4, -0.2) is 52.8 Å². The fraction of sp³-hybridized carbons (Fsp3) is 0.500. The Morgan fingerprint density at radius 1 is 1.29 bits per heavy atom. The van der Waals surface area contributed by atoms with Crippen molar-refractivity contribution < 1.29 is 9.59 Å². The number of aromatic nitrogens is 1. The number of rotatable bonds is 3. The number of para-hydroxylation sites is 1. The largest absolute Gasteiger partial charge is 0.341 e. The summed E-state index contributed by atoms with van der Waals surface area (Å²) in [5, 5.41) is 1.01. The van der Waals surface area contributed by atoms with Gasteiger partial charge in [0.15, 0.2) is 0 Å². The number of likely N-dealkylation sites (N-methyl/N-ethyl adjacent to an activating group) is 1. The smallest absolute Gasteiger partial charge is 0.227 e. The van der Waals surface area contributed by atoms with E-state index in [4.69, 9.17) is 0 Å². The molecule has 5 rings (SSSR count). The summed E-state index contributed by atoms with van der Waals surface area (Å²) >= 11 is 1.66. The molecule has 2 atom stereocenters.